The van der Waals surface area contributed by atoms with Gasteiger partial charge in [0.05, 0.1) is 5.69 Å². The van der Waals surface area contributed by atoms with Gasteiger partial charge in [0.25, 0.3) is 5.91 Å². The van der Waals surface area contributed by atoms with Crippen LogP contribution in [0.15, 0.2) is 61.3 Å². The van der Waals surface area contributed by atoms with E-state index >= 15 is 0 Å². The molecule has 0 radical (unpaired) electrons. The van der Waals surface area contributed by atoms with Crippen molar-refractivity contribution in [2.24, 2.45) is 0 Å². The molecule has 2 N–H and O–H groups in total. The Morgan fingerprint density at radius 2 is 1.82 bits per heavy atom. The van der Waals surface area contributed by atoms with Crippen molar-refractivity contribution in [3.05, 3.63) is 72.6 Å². The van der Waals surface area contributed by atoms with E-state index in [2.05, 4.69) is 50.8 Å². The van der Waals surface area contributed by atoms with Gasteiger partial charge in [-0.1, -0.05) is 12.1 Å². The Balaban J connectivity index is 1.43. The van der Waals surface area contributed by atoms with E-state index in [1.54, 1.807) is 37.1 Å². The van der Waals surface area contributed by atoms with Gasteiger partial charge in [0.2, 0.25) is 5.95 Å². The van der Waals surface area contributed by atoms with Gasteiger partial charge in [0, 0.05) is 50.3 Å². The maximum absolute atomic E-state index is 13.2. The first-order chi connectivity index (χ1) is 18.2. The van der Waals surface area contributed by atoms with Gasteiger partial charge >= 0.3 is 0 Å². The lowest BCUT2D eigenvalue weighted by Crippen LogP contribution is -2.45. The van der Waals surface area contributed by atoms with Gasteiger partial charge in [-0.05, 0) is 57.3 Å². The molecule has 2 aliphatic heterocycles. The highest BCUT2D eigenvalue weighted by Gasteiger charge is 2.33. The second-order valence-corrected chi connectivity index (χ2v) is 10.2. The van der Waals surface area contributed by atoms with Gasteiger partial charge in [-0.2, -0.15) is 4.98 Å². The van der Waals surface area contributed by atoms with Crippen molar-refractivity contribution in [3.63, 3.8) is 0 Å². The SMILES string of the molecule is C=CCN1CN(c2cccc(C(C)(C)O)n2)c2nc(Nc3ccc(N4CCN(C)CC4)cc3)ncc2C1=O. The minimum atomic E-state index is -1.11. The largest absolute Gasteiger partial charge is 0.384 e. The quantitative estimate of drug-likeness (QED) is 0.460. The molecule has 2 aliphatic rings. The topological polar surface area (TPSA) is 101 Å². The third kappa shape index (κ3) is 5.32. The average molecular weight is 515 g/mol. The summed E-state index contributed by atoms with van der Waals surface area (Å²) in [6.45, 7) is 11.9. The first kappa shape index (κ1) is 25.6. The highest BCUT2D eigenvalue weighted by Crippen LogP contribution is 2.33. The predicted octanol–water partition coefficient (Wildman–Crippen LogP) is 3.33. The summed E-state index contributed by atoms with van der Waals surface area (Å²) < 4.78 is 0. The second kappa shape index (κ2) is 10.4. The lowest BCUT2D eigenvalue weighted by atomic mass is 10.0. The Kier molecular flexibility index (Phi) is 7.00. The average Bonchev–Trinajstić information content (AvgIpc) is 2.91. The number of hydrogen-bond donors (Lipinski definition) is 2. The van der Waals surface area contributed by atoms with Crippen LogP contribution in [0.4, 0.5) is 29.0 Å². The van der Waals surface area contributed by atoms with Gasteiger partial charge < -0.3 is 25.1 Å². The Bertz CT molecular complexity index is 1310. The molecule has 5 rings (SSSR count). The maximum atomic E-state index is 13.2. The van der Waals surface area contributed by atoms with Gasteiger partial charge in [-0.3, -0.25) is 9.69 Å². The molecule has 0 atom stereocenters. The van der Waals surface area contributed by atoms with Gasteiger partial charge in [-0.15, -0.1) is 6.58 Å². The summed E-state index contributed by atoms with van der Waals surface area (Å²) in [6, 6.07) is 13.7. The lowest BCUT2D eigenvalue weighted by molar-refractivity contribution is 0.0731. The van der Waals surface area contributed by atoms with Crippen LogP contribution in [0.25, 0.3) is 0 Å². The number of aromatic nitrogens is 3. The molecule has 4 heterocycles. The number of aliphatic hydroxyl groups is 1. The van der Waals surface area contributed by atoms with Crippen molar-refractivity contribution < 1.29 is 9.90 Å². The fourth-order valence-electron chi connectivity index (χ4n) is 4.60. The normalized spacial score (nSPS) is 16.4. The summed E-state index contributed by atoms with van der Waals surface area (Å²) in [4.78, 5) is 35.3. The van der Waals surface area contributed by atoms with E-state index in [-0.39, 0.29) is 12.6 Å². The number of carbonyl (C=O) groups is 1. The van der Waals surface area contributed by atoms with Gasteiger partial charge in [0.1, 0.15) is 23.7 Å². The number of benzene rings is 1. The van der Waals surface area contributed by atoms with Crippen molar-refractivity contribution in [2.75, 3.05) is 61.6 Å². The van der Waals surface area contributed by atoms with Crippen LogP contribution in [0.5, 0.6) is 0 Å². The number of nitrogens with one attached hydrogen (secondary N) is 1. The molecule has 1 saturated heterocycles. The molecule has 1 aromatic carbocycles. The number of nitrogens with zero attached hydrogens (tertiary/aromatic N) is 7. The molecule has 0 unspecified atom stereocenters. The molecular formula is C28H34N8O2. The third-order valence-corrected chi connectivity index (χ3v) is 6.83. The zero-order chi connectivity index (χ0) is 26.9. The van der Waals surface area contributed by atoms with Crippen molar-refractivity contribution in [2.45, 2.75) is 19.4 Å². The molecule has 3 aromatic rings. The van der Waals surface area contributed by atoms with Crippen molar-refractivity contribution in [3.8, 4) is 0 Å². The molecule has 1 fully saturated rings. The zero-order valence-corrected chi connectivity index (χ0v) is 22.1. The number of carbonyl (C=O) groups excluding carboxylic acids is 1. The van der Waals surface area contributed by atoms with Crippen LogP contribution < -0.4 is 15.1 Å². The van der Waals surface area contributed by atoms with E-state index in [0.717, 1.165) is 31.9 Å². The molecule has 1 amide bonds. The zero-order valence-electron chi connectivity index (χ0n) is 22.1. The van der Waals surface area contributed by atoms with E-state index < -0.39 is 5.60 Å². The van der Waals surface area contributed by atoms with Crippen LogP contribution in [0.3, 0.4) is 0 Å². The van der Waals surface area contributed by atoms with Crippen molar-refractivity contribution in [1.29, 1.82) is 0 Å². The number of amides is 1. The summed E-state index contributed by atoms with van der Waals surface area (Å²) in [5.41, 5.74) is 1.83. The van der Waals surface area contributed by atoms with Gasteiger partial charge in [-0.25, -0.2) is 9.97 Å². The Hall–Kier alpha value is -4.02. The van der Waals surface area contributed by atoms with E-state index in [4.69, 9.17) is 4.98 Å². The molecule has 2 aromatic heterocycles. The number of pyridine rings is 1. The highest BCUT2D eigenvalue weighted by atomic mass is 16.3. The lowest BCUT2D eigenvalue weighted by Gasteiger charge is -2.36. The molecule has 38 heavy (non-hydrogen) atoms. The van der Waals surface area contributed by atoms with Crippen LogP contribution in [0.1, 0.15) is 29.9 Å². The van der Waals surface area contributed by atoms with Crippen molar-refractivity contribution >= 4 is 34.9 Å². The number of likely N-dealkylation sites (N-methyl/N-ethyl adjacent to an activating group) is 1. The summed E-state index contributed by atoms with van der Waals surface area (Å²) in [5.74, 6) is 1.25. The number of hydrogen-bond acceptors (Lipinski definition) is 9. The molecule has 10 heteroatoms. The van der Waals surface area contributed by atoms with Gasteiger partial charge in [0.15, 0.2) is 5.82 Å². The molecule has 0 aliphatic carbocycles. The molecule has 0 saturated carbocycles. The Labute approximate surface area is 223 Å². The van der Waals surface area contributed by atoms with Crippen LogP contribution in [-0.4, -0.2) is 82.2 Å². The first-order valence-corrected chi connectivity index (χ1v) is 12.8. The Morgan fingerprint density at radius 3 is 2.50 bits per heavy atom. The number of anilines is 5. The predicted molar refractivity (Wildman–Crippen MR) is 149 cm³/mol. The monoisotopic (exact) mass is 514 g/mol. The van der Waals surface area contributed by atoms with Crippen LogP contribution >= 0.6 is 0 Å². The van der Waals surface area contributed by atoms with Crippen molar-refractivity contribution in [1.82, 2.24) is 24.8 Å². The van der Waals surface area contributed by atoms with E-state index in [1.165, 1.54) is 5.69 Å². The smallest absolute Gasteiger partial charge is 0.260 e. The highest BCUT2D eigenvalue weighted by molar-refractivity contribution is 6.01. The molecular weight excluding hydrogens is 480 g/mol. The fraction of sp³-hybridized carbons (Fsp3) is 0.357. The van der Waals surface area contributed by atoms with Crippen LogP contribution in [-0.2, 0) is 5.60 Å². The molecule has 10 nitrogen and oxygen atoms in total. The third-order valence-electron chi connectivity index (χ3n) is 6.83. The van der Waals surface area contributed by atoms with Crippen LogP contribution in [0.2, 0.25) is 0 Å². The molecule has 0 spiro atoms. The maximum Gasteiger partial charge on any atom is 0.260 e. The minimum Gasteiger partial charge on any atom is -0.384 e. The van der Waals surface area contributed by atoms with Crippen LogP contribution in [0, 0.1) is 0 Å². The standard InChI is InChI=1S/C28H34N8O2/c1-5-13-35-19-36(24-8-6-7-23(31-24)28(2,3)38)25-22(26(35)37)18-29-27(32-25)30-20-9-11-21(12-10-20)34-16-14-33(4)15-17-34/h5-12,18,38H,1,13-17,19H2,2-4H3,(H,29,30,32). The first-order valence-electron chi connectivity index (χ1n) is 12.8. The summed E-state index contributed by atoms with van der Waals surface area (Å²) in [5, 5.41) is 13.8. The number of rotatable bonds is 7. The Morgan fingerprint density at radius 1 is 1.08 bits per heavy atom. The summed E-state index contributed by atoms with van der Waals surface area (Å²) in [6.07, 6.45) is 3.23. The minimum absolute atomic E-state index is 0.169. The second-order valence-electron chi connectivity index (χ2n) is 10.2. The summed E-state index contributed by atoms with van der Waals surface area (Å²) in [7, 11) is 2.15. The number of piperazine rings is 1. The van der Waals surface area contributed by atoms with E-state index in [9.17, 15) is 9.90 Å². The summed E-state index contributed by atoms with van der Waals surface area (Å²) >= 11 is 0. The molecule has 198 valence electrons. The molecule has 0 bridgehead atoms. The van der Waals surface area contributed by atoms with E-state index in [0.29, 0.717) is 35.4 Å². The fourth-order valence-corrected chi connectivity index (χ4v) is 4.60. The number of fused-ring (bicyclic) bond motifs is 1. The van der Waals surface area contributed by atoms with E-state index in [1.807, 2.05) is 29.2 Å².